The van der Waals surface area contributed by atoms with Gasteiger partial charge >= 0.3 is 0 Å². The highest BCUT2D eigenvalue weighted by molar-refractivity contribution is 4.28. The van der Waals surface area contributed by atoms with E-state index in [1.54, 1.807) is 0 Å². The fourth-order valence-corrected chi connectivity index (χ4v) is 0.279. The Kier molecular flexibility index (Phi) is 8.70. The van der Waals surface area contributed by atoms with Crippen molar-refractivity contribution in [3.8, 4) is 0 Å². The van der Waals surface area contributed by atoms with E-state index in [0.717, 1.165) is 19.4 Å². The Morgan fingerprint density at radius 2 is 1.80 bits per heavy atom. The van der Waals surface area contributed by atoms with E-state index in [-0.39, 0.29) is 0 Å². The minimum Gasteiger partial charge on any atom is -0.330 e. The van der Waals surface area contributed by atoms with Crippen molar-refractivity contribution < 1.29 is 14.8 Å². The van der Waals surface area contributed by atoms with Gasteiger partial charge in [-0.25, -0.2) is 9.78 Å². The zero-order valence-electron chi connectivity index (χ0n) is 6.34. The van der Waals surface area contributed by atoms with Crippen LogP contribution in [0.4, 0.5) is 0 Å². The summed E-state index contributed by atoms with van der Waals surface area (Å²) >= 11 is 0. The molecule has 1 saturated heterocycles. The summed E-state index contributed by atoms with van der Waals surface area (Å²) in [5, 5.41) is 4.07. The number of hydrogen-bond donors (Lipinski definition) is 1. The first-order chi connectivity index (χ1) is 4.91. The summed E-state index contributed by atoms with van der Waals surface area (Å²) in [5.74, 6) is 0. The van der Waals surface area contributed by atoms with E-state index in [2.05, 4.69) is 21.7 Å². The van der Waals surface area contributed by atoms with Crippen LogP contribution in [-0.4, -0.2) is 19.8 Å². The van der Waals surface area contributed by atoms with Crippen LogP contribution in [0.3, 0.4) is 0 Å². The third-order valence-corrected chi connectivity index (χ3v) is 0.840. The highest BCUT2D eigenvalue weighted by Gasteiger charge is 1.96. The Bertz CT molecular complexity index is 43.4. The van der Waals surface area contributed by atoms with Gasteiger partial charge in [-0.3, -0.25) is 0 Å². The highest BCUT2D eigenvalue weighted by Crippen LogP contribution is 1.93. The van der Waals surface area contributed by atoms with Crippen molar-refractivity contribution in [2.45, 2.75) is 19.8 Å². The molecule has 1 aliphatic rings. The van der Waals surface area contributed by atoms with Gasteiger partial charge < -0.3 is 5.73 Å². The van der Waals surface area contributed by atoms with Gasteiger partial charge in [0.25, 0.3) is 0 Å². The second kappa shape index (κ2) is 8.84. The monoisotopic (exact) mass is 149 g/mol. The summed E-state index contributed by atoms with van der Waals surface area (Å²) in [4.78, 5) is 8.69. The van der Waals surface area contributed by atoms with E-state index in [9.17, 15) is 0 Å². The molecule has 0 amide bonds. The quantitative estimate of drug-likeness (QED) is 0.555. The molecular weight excluding hydrogens is 134 g/mol. The van der Waals surface area contributed by atoms with Crippen LogP contribution in [0.2, 0.25) is 0 Å². The van der Waals surface area contributed by atoms with E-state index in [1.165, 1.54) is 0 Å². The Balaban J connectivity index is 0.000000180. The third-order valence-electron chi connectivity index (χ3n) is 0.840. The Morgan fingerprint density at radius 1 is 1.30 bits per heavy atom. The average Bonchev–Trinajstić information content (AvgIpc) is 2.08. The molecule has 1 fully saturated rings. The molecule has 0 aromatic carbocycles. The molecule has 0 aromatic rings. The summed E-state index contributed by atoms with van der Waals surface area (Å²) in [6.07, 6.45) is 2.03. The fraction of sp³-hybridized carbons (Fsp3) is 1.00. The van der Waals surface area contributed by atoms with Crippen LogP contribution >= 0.6 is 0 Å². The van der Waals surface area contributed by atoms with Gasteiger partial charge in [-0.05, 0) is 13.0 Å². The normalized spacial score (nSPS) is 17.4. The largest absolute Gasteiger partial charge is 0.330 e. The number of rotatable bonds is 1. The molecule has 4 heteroatoms. The Hall–Kier alpha value is -0.160. The molecule has 1 rings (SSSR count). The van der Waals surface area contributed by atoms with E-state index in [4.69, 9.17) is 5.73 Å². The molecule has 1 heterocycles. The summed E-state index contributed by atoms with van der Waals surface area (Å²) < 4.78 is 0. The SMILES string of the molecule is C1COOOC1.CCCN. The van der Waals surface area contributed by atoms with Crippen molar-refractivity contribution in [2.24, 2.45) is 5.73 Å². The first-order valence-electron chi connectivity index (χ1n) is 3.53. The van der Waals surface area contributed by atoms with E-state index < -0.39 is 0 Å². The van der Waals surface area contributed by atoms with Crippen LogP contribution in [0.15, 0.2) is 0 Å². The maximum atomic E-state index is 5.03. The highest BCUT2D eigenvalue weighted by atomic mass is 17.5. The second-order valence-corrected chi connectivity index (χ2v) is 1.85. The van der Waals surface area contributed by atoms with Gasteiger partial charge in [-0.15, -0.1) is 0 Å². The van der Waals surface area contributed by atoms with Crippen LogP contribution in [0.1, 0.15) is 19.8 Å². The van der Waals surface area contributed by atoms with E-state index >= 15 is 0 Å². The second-order valence-electron chi connectivity index (χ2n) is 1.85. The molecule has 10 heavy (non-hydrogen) atoms. The predicted octanol–water partition coefficient (Wildman–Crippen LogP) is 0.625. The van der Waals surface area contributed by atoms with Gasteiger partial charge in [0.2, 0.25) is 0 Å². The van der Waals surface area contributed by atoms with Crippen molar-refractivity contribution in [3.05, 3.63) is 0 Å². The van der Waals surface area contributed by atoms with Gasteiger partial charge in [0.05, 0.1) is 13.2 Å². The van der Waals surface area contributed by atoms with Crippen LogP contribution in [-0.2, 0) is 14.8 Å². The molecule has 1 aliphatic heterocycles. The molecule has 0 atom stereocenters. The lowest BCUT2D eigenvalue weighted by Crippen LogP contribution is -2.08. The van der Waals surface area contributed by atoms with Gasteiger partial charge in [0.1, 0.15) is 0 Å². The van der Waals surface area contributed by atoms with Crippen molar-refractivity contribution >= 4 is 0 Å². The molecule has 4 nitrogen and oxygen atoms in total. The lowest BCUT2D eigenvalue weighted by Gasteiger charge is -2.06. The summed E-state index contributed by atoms with van der Waals surface area (Å²) in [6, 6.07) is 0. The molecule has 0 saturated carbocycles. The smallest absolute Gasteiger partial charge is 0.0877 e. The molecule has 0 unspecified atom stereocenters. The Morgan fingerprint density at radius 3 is 1.90 bits per heavy atom. The van der Waals surface area contributed by atoms with E-state index in [1.807, 2.05) is 0 Å². The van der Waals surface area contributed by atoms with Crippen LogP contribution in [0, 0.1) is 0 Å². The average molecular weight is 149 g/mol. The maximum Gasteiger partial charge on any atom is 0.0877 e. The minimum atomic E-state index is 0.653. The summed E-state index contributed by atoms with van der Waals surface area (Å²) in [6.45, 7) is 4.18. The lowest BCUT2D eigenvalue weighted by atomic mass is 10.5. The molecule has 2 N–H and O–H groups in total. The zero-order valence-corrected chi connectivity index (χ0v) is 6.34. The summed E-state index contributed by atoms with van der Waals surface area (Å²) in [5.41, 5.74) is 5.03. The van der Waals surface area contributed by atoms with Crippen molar-refractivity contribution in [1.29, 1.82) is 0 Å². The minimum absolute atomic E-state index is 0.653. The lowest BCUT2D eigenvalue weighted by molar-refractivity contribution is -0.532. The van der Waals surface area contributed by atoms with Gasteiger partial charge in [-0.1, -0.05) is 12.0 Å². The maximum absolute atomic E-state index is 5.03. The van der Waals surface area contributed by atoms with Crippen LogP contribution < -0.4 is 5.73 Å². The molecule has 0 aliphatic carbocycles. The zero-order chi connectivity index (χ0) is 7.66. The Labute approximate surface area is 61.1 Å². The first kappa shape index (κ1) is 9.84. The summed E-state index contributed by atoms with van der Waals surface area (Å²) in [7, 11) is 0. The van der Waals surface area contributed by atoms with Crippen molar-refractivity contribution in [3.63, 3.8) is 0 Å². The fourth-order valence-electron chi connectivity index (χ4n) is 0.279. The predicted molar refractivity (Wildman–Crippen MR) is 37.0 cm³/mol. The van der Waals surface area contributed by atoms with Gasteiger partial charge in [-0.2, -0.15) is 0 Å². The molecule has 0 spiro atoms. The van der Waals surface area contributed by atoms with Crippen LogP contribution in [0.5, 0.6) is 0 Å². The van der Waals surface area contributed by atoms with Gasteiger partial charge in [0.15, 0.2) is 0 Å². The molecule has 0 aromatic heterocycles. The third kappa shape index (κ3) is 7.84. The van der Waals surface area contributed by atoms with Crippen LogP contribution in [0.25, 0.3) is 0 Å². The first-order valence-corrected chi connectivity index (χ1v) is 3.53. The standard InChI is InChI=1S/C3H9N.C3H6O3/c1-2-3-4;1-2-4-6-5-3-1/h2-4H2,1H3;1-3H2. The molecular formula is C6H15NO3. The van der Waals surface area contributed by atoms with Gasteiger partial charge in [0, 0.05) is 6.42 Å². The van der Waals surface area contributed by atoms with Crippen molar-refractivity contribution in [2.75, 3.05) is 19.8 Å². The van der Waals surface area contributed by atoms with Crippen molar-refractivity contribution in [1.82, 2.24) is 0 Å². The topological polar surface area (TPSA) is 53.7 Å². The van der Waals surface area contributed by atoms with E-state index in [0.29, 0.717) is 13.2 Å². The molecule has 0 bridgehead atoms. The molecule has 62 valence electrons. The number of hydrogen-bond acceptors (Lipinski definition) is 4. The molecule has 0 radical (unpaired) electrons. The number of nitrogens with two attached hydrogens (primary N) is 1.